The first-order chi connectivity index (χ1) is 35.9. The summed E-state index contributed by atoms with van der Waals surface area (Å²) in [5, 5.41) is 23.0. The van der Waals surface area contributed by atoms with Gasteiger partial charge in [-0.15, -0.1) is 0 Å². The summed E-state index contributed by atoms with van der Waals surface area (Å²) in [6.07, 6.45) is 8.91. The minimum atomic E-state index is -1.08. The number of primary amides is 2. The van der Waals surface area contributed by atoms with Gasteiger partial charge in [-0.2, -0.15) is 0 Å². The van der Waals surface area contributed by atoms with Gasteiger partial charge in [0.2, 0.25) is 12.3 Å². The van der Waals surface area contributed by atoms with Crippen LogP contribution in [0.2, 0.25) is 3.98 Å². The molecule has 3 atom stereocenters. The van der Waals surface area contributed by atoms with E-state index < -0.39 is 29.7 Å². The molecule has 3 radical (unpaired) electrons. The number of aliphatic carboxylic acids is 1. The first-order valence-electron chi connectivity index (χ1n) is 23.5. The molecule has 6 rings (SSSR count). The Hall–Kier alpha value is -6.37. The quantitative estimate of drug-likeness (QED) is 0.0144. The molecule has 10 N–H and O–H groups in total. The van der Waals surface area contributed by atoms with Gasteiger partial charge in [0.1, 0.15) is 30.7 Å². The molecule has 3 aromatic rings. The van der Waals surface area contributed by atoms with Crippen LogP contribution in [0.15, 0.2) is 29.1 Å². The minimum absolute atomic E-state index is 0.00301. The zero-order chi connectivity index (χ0) is 56.6. The van der Waals surface area contributed by atoms with Gasteiger partial charge in [-0.25, -0.2) is 9.37 Å². The number of amides is 5. The molecule has 0 bridgehead atoms. The Morgan fingerprint density at radius 3 is 2.15 bits per heavy atom. The van der Waals surface area contributed by atoms with Crippen LogP contribution < -0.4 is 43.6 Å². The van der Waals surface area contributed by atoms with Crippen molar-refractivity contribution in [3.05, 3.63) is 73.8 Å². The van der Waals surface area contributed by atoms with Gasteiger partial charge in [0.05, 0.1) is 49.7 Å². The van der Waals surface area contributed by atoms with Crippen molar-refractivity contribution in [3.63, 3.8) is 0 Å². The van der Waals surface area contributed by atoms with E-state index in [1.807, 2.05) is 27.0 Å². The van der Waals surface area contributed by atoms with Crippen LogP contribution >= 0.6 is 0 Å². The van der Waals surface area contributed by atoms with Crippen molar-refractivity contribution in [1.82, 2.24) is 41.0 Å². The fourth-order valence-electron chi connectivity index (χ4n) is 7.76. The number of likely N-dealkylation sites (N-methyl/N-ethyl adjacent to an activating group) is 2. The molecule has 1 aromatic carbocycles. The number of aryl methyl sites for hydroxylation is 1. The van der Waals surface area contributed by atoms with Crippen molar-refractivity contribution in [3.8, 4) is 11.4 Å². The number of fused-ring (bicyclic) bond motifs is 4. The molecular weight excluding hydrogens is 1180 g/mol. The Balaban J connectivity index is 0.000000557. The van der Waals surface area contributed by atoms with Gasteiger partial charge in [0, 0.05) is 60.3 Å². The Morgan fingerprint density at radius 1 is 1.00 bits per heavy atom. The van der Waals surface area contributed by atoms with Crippen molar-refractivity contribution in [2.45, 2.75) is 81.1 Å². The van der Waals surface area contributed by atoms with Crippen molar-refractivity contribution >= 4 is 97.8 Å². The molecule has 3 aliphatic rings. The number of nitrogens with two attached hydrogens (primary N) is 2. The summed E-state index contributed by atoms with van der Waals surface area (Å²) in [6.45, 7) is 4.79. The summed E-state index contributed by atoms with van der Waals surface area (Å²) in [7, 11) is 6.88. The number of hydrogen-bond acceptors (Lipinski definition) is 18. The molecular formula is C49H68FN10O14Pb. The molecule has 1 aliphatic carbocycles. The standard InChI is InChI=1S/C26H28FN3O3.C9H10N2O5.C7H12NO3.C3H8N2O.C3H7NO.CH3NO.Pb/c1-5-14(11-31)16-8-22-25-17(10-30(22)26(32)18(16)12-33-4)24-20(28-3)7-6-15-13(2)19(27)9-21(29-25)23(15)24;12-5-6(3-10-4-9(15)16)11-7(13)1-2-8(11)14;1-2-3-7(10)8-6-11-5-4-9;1-5-2-3(4)6;1-4-2-3-5;2-1-3;/h8-9,11,14,20,28H,5-7,10,12H2,1-4H3;1-2,5-6,10H,3-4H2,(H,15,16);4H,1-3,5-6H2,(H,8,10);5H,2H2,1H3,(H2,4,6);3-4H,2H2,1H3;1H,(H2,2,3);. The Labute approximate surface area is 449 Å². The molecule has 0 saturated carbocycles. The van der Waals surface area contributed by atoms with E-state index in [1.54, 1.807) is 25.8 Å². The van der Waals surface area contributed by atoms with Crippen molar-refractivity contribution in [2.24, 2.45) is 11.5 Å². The van der Waals surface area contributed by atoms with Crippen LogP contribution in [0.3, 0.4) is 0 Å². The molecule has 24 nitrogen and oxygen atoms in total. The van der Waals surface area contributed by atoms with E-state index in [9.17, 15) is 52.3 Å². The van der Waals surface area contributed by atoms with Gasteiger partial charge in [0.15, 0.2) is 0 Å². The number of aromatic nitrogens is 2. The summed E-state index contributed by atoms with van der Waals surface area (Å²) >= 11 is 1.14. The average molecular weight is 1250 g/mol. The molecule has 0 fully saturated rings. The van der Waals surface area contributed by atoms with E-state index in [-0.39, 0.29) is 75.2 Å². The van der Waals surface area contributed by atoms with Gasteiger partial charge in [-0.1, -0.05) is 6.92 Å². The average Bonchev–Trinajstić information content (AvgIpc) is 3.93. The summed E-state index contributed by atoms with van der Waals surface area (Å²) in [6, 6.07) is 2.55. The number of rotatable bonds is 23. The number of imide groups is 1. The normalized spacial score (nSPS) is 13.9. The molecule has 75 heavy (non-hydrogen) atoms. The van der Waals surface area contributed by atoms with Crippen molar-refractivity contribution in [1.29, 1.82) is 0 Å². The van der Waals surface area contributed by atoms with Crippen LogP contribution in [0.4, 0.5) is 4.39 Å². The van der Waals surface area contributed by atoms with Gasteiger partial charge < -0.3 is 61.5 Å². The van der Waals surface area contributed by atoms with Crippen molar-refractivity contribution in [2.75, 3.05) is 67.8 Å². The number of carbonyl (C=O) groups is 10. The predicted molar refractivity (Wildman–Crippen MR) is 275 cm³/mol. The van der Waals surface area contributed by atoms with E-state index in [1.165, 1.54) is 6.07 Å². The first kappa shape index (κ1) is 66.6. The first-order valence-corrected chi connectivity index (χ1v) is 26.2. The van der Waals surface area contributed by atoms with Crippen LogP contribution in [-0.4, -0.2) is 180 Å². The van der Waals surface area contributed by atoms with Crippen LogP contribution in [-0.2, 0) is 77.0 Å². The molecule has 2 aliphatic heterocycles. The predicted octanol–water partition coefficient (Wildman–Crippen LogP) is -1.09. The number of halogens is 1. The summed E-state index contributed by atoms with van der Waals surface area (Å²) in [4.78, 5) is 123. The third kappa shape index (κ3) is 20.4. The maximum absolute atomic E-state index is 14.8. The molecule has 3 unspecified atom stereocenters. The van der Waals surface area contributed by atoms with E-state index in [4.69, 9.17) is 30.1 Å². The zero-order valence-corrected chi connectivity index (χ0v) is 46.8. The number of carboxylic acids is 1. The number of hydrogen-bond donors (Lipinski definition) is 8. The number of pyridine rings is 2. The van der Waals surface area contributed by atoms with Crippen molar-refractivity contribution < 1.29 is 66.9 Å². The Bertz CT molecular complexity index is 2530. The molecule has 5 amide bonds. The fourth-order valence-corrected chi connectivity index (χ4v) is 8.45. The third-order valence-corrected chi connectivity index (χ3v) is 12.5. The van der Waals surface area contributed by atoms with Gasteiger partial charge in [0.25, 0.3) is 17.4 Å². The van der Waals surface area contributed by atoms with Gasteiger partial charge in [-0.3, -0.25) is 33.7 Å². The van der Waals surface area contributed by atoms with Gasteiger partial charge in [-0.05, 0) is 75.6 Å². The molecule has 0 spiro atoms. The third-order valence-electron chi connectivity index (χ3n) is 11.1. The second kappa shape index (κ2) is 36.6. The van der Waals surface area contributed by atoms with Crippen LogP contribution in [0.5, 0.6) is 0 Å². The summed E-state index contributed by atoms with van der Waals surface area (Å²) < 4.78 is 27.7. The number of benzene rings is 1. The Kier molecular flexibility index (Phi) is 32.5. The Morgan fingerprint density at radius 2 is 1.67 bits per heavy atom. The zero-order valence-electron chi connectivity index (χ0n) is 43.0. The number of carbonyl (C=O) groups excluding carboxylic acids is 9. The monoisotopic (exact) mass is 1250 g/mol. The number of nitrogens with zero attached hydrogens (tertiary/aromatic N) is 3. The second-order valence-corrected chi connectivity index (χ2v) is 18.1. The molecule has 0 saturated heterocycles. The second-order valence-electron chi connectivity index (χ2n) is 16.1. The summed E-state index contributed by atoms with van der Waals surface area (Å²) in [5.74, 6) is -3.19. The van der Waals surface area contributed by atoms with Crippen LogP contribution in [0, 0.1) is 12.7 Å². The number of nitrogens with one attached hydrogen (secondary N) is 5. The van der Waals surface area contributed by atoms with E-state index in [0.29, 0.717) is 72.1 Å². The maximum atomic E-state index is 14.8. The van der Waals surface area contributed by atoms with Crippen LogP contribution in [0.25, 0.3) is 22.3 Å². The van der Waals surface area contributed by atoms with E-state index >= 15 is 0 Å². The van der Waals surface area contributed by atoms with E-state index in [0.717, 1.165) is 101 Å². The number of carboxylic acid groups (broad SMARTS) is 1. The molecule has 409 valence electrons. The molecule has 4 heterocycles. The number of aldehydes is 4. The molecule has 2 aromatic heterocycles. The number of ether oxygens (including phenoxy) is 2. The SMILES string of the molecule is CCC(C=O)c1cc2n(c(=O)c1COC)Cc1c-2nc2cc(F)c(C)c3c2c1C(NC)CC3.CNCC(N)=O.CNCC=O.NC=O.O=CC(CNCC(=O)O)N1C(=O)C=CC1=O.O=CCOCNC(=O)CC[CH2][Pb]. The fraction of sp³-hybridized carbons (Fsp3) is 0.469. The topological polar surface area (TPSA) is 360 Å². The van der Waals surface area contributed by atoms with Crippen LogP contribution in [0.1, 0.15) is 77.9 Å². The number of methoxy groups -OCH3 is 1. The van der Waals surface area contributed by atoms with Gasteiger partial charge >= 0.3 is 93.7 Å². The summed E-state index contributed by atoms with van der Waals surface area (Å²) in [5.41, 5.74) is 15.7. The molecule has 26 heteroatoms. The van der Waals surface area contributed by atoms with E-state index in [2.05, 4.69) is 32.3 Å².